The Morgan fingerprint density at radius 3 is 2.87 bits per heavy atom. The number of primary amides is 1. The fourth-order valence-corrected chi connectivity index (χ4v) is 1.14. The minimum atomic E-state index is -0.549. The van der Waals surface area contributed by atoms with Crippen LogP contribution in [0.2, 0.25) is 0 Å². The minimum absolute atomic E-state index is 0.119. The molecular weight excluding hydrogens is 218 g/mol. The SMILES string of the molecule is NC(=O)c1ccncc1CNC(=O)CCl. The van der Waals surface area contributed by atoms with Crippen LogP contribution >= 0.6 is 11.6 Å². The minimum Gasteiger partial charge on any atom is -0.366 e. The van der Waals surface area contributed by atoms with E-state index >= 15 is 0 Å². The molecule has 3 N–H and O–H groups in total. The van der Waals surface area contributed by atoms with Crippen molar-refractivity contribution >= 4 is 23.4 Å². The molecule has 0 fully saturated rings. The van der Waals surface area contributed by atoms with Crippen molar-refractivity contribution in [3.05, 3.63) is 29.6 Å². The summed E-state index contributed by atoms with van der Waals surface area (Å²) in [5.41, 5.74) is 6.07. The van der Waals surface area contributed by atoms with Crippen LogP contribution in [-0.2, 0) is 11.3 Å². The molecule has 1 aromatic heterocycles. The number of aromatic nitrogens is 1. The Bertz CT molecular complexity index is 381. The summed E-state index contributed by atoms with van der Waals surface area (Å²) in [7, 11) is 0. The summed E-state index contributed by atoms with van der Waals surface area (Å²) in [5, 5.41) is 2.53. The number of carbonyl (C=O) groups is 2. The van der Waals surface area contributed by atoms with Crippen molar-refractivity contribution in [1.82, 2.24) is 10.3 Å². The third-order valence-corrected chi connectivity index (χ3v) is 2.01. The van der Waals surface area contributed by atoms with Crippen LogP contribution in [0.25, 0.3) is 0 Å². The molecule has 0 aliphatic carbocycles. The highest BCUT2D eigenvalue weighted by molar-refractivity contribution is 6.27. The van der Waals surface area contributed by atoms with Crippen LogP contribution in [0.15, 0.2) is 18.5 Å². The molecule has 6 heteroatoms. The maximum atomic E-state index is 11.0. The highest BCUT2D eigenvalue weighted by Gasteiger charge is 2.08. The van der Waals surface area contributed by atoms with Gasteiger partial charge < -0.3 is 11.1 Å². The second-order valence-electron chi connectivity index (χ2n) is 2.81. The molecule has 0 bridgehead atoms. The van der Waals surface area contributed by atoms with Gasteiger partial charge in [0.15, 0.2) is 0 Å². The van der Waals surface area contributed by atoms with E-state index in [2.05, 4.69) is 10.3 Å². The van der Waals surface area contributed by atoms with Crippen LogP contribution in [0.4, 0.5) is 0 Å². The fourth-order valence-electron chi connectivity index (χ4n) is 1.05. The predicted molar refractivity (Wildman–Crippen MR) is 55.3 cm³/mol. The Morgan fingerprint density at radius 2 is 2.27 bits per heavy atom. The molecule has 5 nitrogen and oxygen atoms in total. The Balaban J connectivity index is 2.76. The van der Waals surface area contributed by atoms with Gasteiger partial charge >= 0.3 is 0 Å². The maximum Gasteiger partial charge on any atom is 0.249 e. The standard InChI is InChI=1S/C9H10ClN3O2/c10-3-8(14)13-5-6-4-12-2-1-7(6)9(11)15/h1-2,4H,3,5H2,(H2,11,15)(H,13,14). The second kappa shape index (κ2) is 5.31. The quantitative estimate of drug-likeness (QED) is 0.712. The first-order valence-corrected chi connectivity index (χ1v) is 4.74. The first-order chi connectivity index (χ1) is 7.15. The summed E-state index contributed by atoms with van der Waals surface area (Å²) in [6, 6.07) is 1.50. The van der Waals surface area contributed by atoms with Crippen molar-refractivity contribution in [1.29, 1.82) is 0 Å². The van der Waals surface area contributed by atoms with Gasteiger partial charge in [0.05, 0.1) is 0 Å². The number of alkyl halides is 1. The van der Waals surface area contributed by atoms with E-state index in [1.807, 2.05) is 0 Å². The predicted octanol–water partition coefficient (Wildman–Crippen LogP) is 0.0355. The van der Waals surface area contributed by atoms with E-state index in [0.717, 1.165) is 0 Å². The van der Waals surface area contributed by atoms with E-state index in [0.29, 0.717) is 11.1 Å². The molecule has 0 saturated heterocycles. The van der Waals surface area contributed by atoms with E-state index in [1.165, 1.54) is 18.5 Å². The van der Waals surface area contributed by atoms with E-state index in [4.69, 9.17) is 17.3 Å². The Morgan fingerprint density at radius 1 is 1.53 bits per heavy atom. The molecule has 1 aromatic rings. The topological polar surface area (TPSA) is 85.1 Å². The number of hydrogen-bond acceptors (Lipinski definition) is 3. The molecule has 0 radical (unpaired) electrons. The van der Waals surface area contributed by atoms with Crippen LogP contribution in [0.1, 0.15) is 15.9 Å². The summed E-state index contributed by atoms with van der Waals surface area (Å²) < 4.78 is 0. The van der Waals surface area contributed by atoms with Crippen molar-refractivity contribution in [2.24, 2.45) is 5.73 Å². The molecule has 15 heavy (non-hydrogen) atoms. The van der Waals surface area contributed by atoms with Crippen molar-refractivity contribution in [2.45, 2.75) is 6.54 Å². The first-order valence-electron chi connectivity index (χ1n) is 4.20. The summed E-state index contributed by atoms with van der Waals surface area (Å²) >= 11 is 5.30. The van der Waals surface area contributed by atoms with Crippen molar-refractivity contribution in [2.75, 3.05) is 5.88 Å². The lowest BCUT2D eigenvalue weighted by Crippen LogP contribution is -2.25. The van der Waals surface area contributed by atoms with E-state index < -0.39 is 5.91 Å². The number of nitrogens with zero attached hydrogens (tertiary/aromatic N) is 1. The normalized spacial score (nSPS) is 9.67. The zero-order chi connectivity index (χ0) is 11.3. The summed E-state index contributed by atoms with van der Waals surface area (Å²) in [6.45, 7) is 0.192. The number of nitrogens with two attached hydrogens (primary N) is 1. The van der Waals surface area contributed by atoms with E-state index in [1.54, 1.807) is 0 Å². The number of hydrogen-bond donors (Lipinski definition) is 2. The van der Waals surface area contributed by atoms with Gasteiger partial charge in [-0.2, -0.15) is 0 Å². The number of pyridine rings is 1. The lowest BCUT2D eigenvalue weighted by atomic mass is 10.1. The highest BCUT2D eigenvalue weighted by atomic mass is 35.5. The van der Waals surface area contributed by atoms with Gasteiger partial charge in [0, 0.05) is 30.1 Å². The van der Waals surface area contributed by atoms with Gasteiger partial charge in [-0.15, -0.1) is 11.6 Å². The van der Waals surface area contributed by atoms with Crippen LogP contribution in [0.5, 0.6) is 0 Å². The van der Waals surface area contributed by atoms with Crippen molar-refractivity contribution < 1.29 is 9.59 Å². The zero-order valence-electron chi connectivity index (χ0n) is 7.87. The summed E-state index contributed by atoms with van der Waals surface area (Å²) in [5.74, 6) is -0.977. The molecular formula is C9H10ClN3O2. The van der Waals surface area contributed by atoms with Crippen LogP contribution in [0.3, 0.4) is 0 Å². The third-order valence-electron chi connectivity index (χ3n) is 1.77. The van der Waals surface area contributed by atoms with Crippen LogP contribution < -0.4 is 11.1 Å². The Hall–Kier alpha value is -1.62. The first kappa shape index (κ1) is 11.5. The molecule has 0 aliphatic rings. The smallest absolute Gasteiger partial charge is 0.249 e. The Labute approximate surface area is 91.6 Å². The van der Waals surface area contributed by atoms with Crippen LogP contribution in [-0.4, -0.2) is 22.7 Å². The largest absolute Gasteiger partial charge is 0.366 e. The average Bonchev–Trinajstić information content (AvgIpc) is 2.26. The number of nitrogens with one attached hydrogen (secondary N) is 1. The molecule has 2 amide bonds. The molecule has 1 rings (SSSR count). The maximum absolute atomic E-state index is 11.0. The number of carbonyl (C=O) groups excluding carboxylic acids is 2. The van der Waals surface area contributed by atoms with Crippen molar-refractivity contribution in [3.8, 4) is 0 Å². The van der Waals surface area contributed by atoms with Gasteiger partial charge in [0.2, 0.25) is 11.8 Å². The zero-order valence-corrected chi connectivity index (χ0v) is 8.62. The van der Waals surface area contributed by atoms with E-state index in [-0.39, 0.29) is 18.3 Å². The molecule has 1 heterocycles. The second-order valence-corrected chi connectivity index (χ2v) is 3.07. The van der Waals surface area contributed by atoms with Gasteiger partial charge in [-0.1, -0.05) is 0 Å². The lowest BCUT2D eigenvalue weighted by Gasteiger charge is -2.06. The molecule has 80 valence electrons. The molecule has 0 unspecified atom stereocenters. The van der Waals surface area contributed by atoms with Gasteiger partial charge in [-0.25, -0.2) is 0 Å². The van der Waals surface area contributed by atoms with E-state index in [9.17, 15) is 9.59 Å². The third kappa shape index (κ3) is 3.21. The molecule has 0 aromatic carbocycles. The summed E-state index contributed by atoms with van der Waals surface area (Å²) in [4.78, 5) is 25.7. The van der Waals surface area contributed by atoms with Gasteiger partial charge in [-0.05, 0) is 6.07 Å². The Kier molecular flexibility index (Phi) is 4.05. The highest BCUT2D eigenvalue weighted by Crippen LogP contribution is 2.05. The van der Waals surface area contributed by atoms with Gasteiger partial charge in [0.25, 0.3) is 0 Å². The van der Waals surface area contributed by atoms with Crippen molar-refractivity contribution in [3.63, 3.8) is 0 Å². The van der Waals surface area contributed by atoms with Gasteiger partial charge in [-0.3, -0.25) is 14.6 Å². The fraction of sp³-hybridized carbons (Fsp3) is 0.222. The number of halogens is 1. The molecule has 0 saturated carbocycles. The molecule has 0 spiro atoms. The average molecular weight is 228 g/mol. The van der Waals surface area contributed by atoms with Gasteiger partial charge in [0.1, 0.15) is 5.88 Å². The molecule has 0 aliphatic heterocycles. The number of amides is 2. The summed E-state index contributed by atoms with van der Waals surface area (Å²) in [6.07, 6.45) is 2.95. The van der Waals surface area contributed by atoms with Crippen LogP contribution in [0, 0.1) is 0 Å². The lowest BCUT2D eigenvalue weighted by molar-refractivity contribution is -0.118. The monoisotopic (exact) mass is 227 g/mol. The number of rotatable bonds is 4. The molecule has 0 atom stereocenters.